The van der Waals surface area contributed by atoms with Gasteiger partial charge in [-0.25, -0.2) is 0 Å². The van der Waals surface area contributed by atoms with Crippen LogP contribution in [0.4, 0.5) is 5.82 Å². The molecule has 1 saturated heterocycles. The van der Waals surface area contributed by atoms with Gasteiger partial charge in [0.15, 0.2) is 5.69 Å². The molecule has 0 bridgehead atoms. The minimum absolute atomic E-state index is 0.174. The molecular weight excluding hydrogens is 266 g/mol. The molecule has 2 fully saturated rings. The van der Waals surface area contributed by atoms with Crippen LogP contribution in [-0.2, 0) is 0 Å². The van der Waals surface area contributed by atoms with E-state index in [2.05, 4.69) is 25.7 Å². The van der Waals surface area contributed by atoms with Gasteiger partial charge in [0.05, 0.1) is 0 Å². The number of nitrogens with one attached hydrogen (secondary N) is 2. The number of amides is 1. The fraction of sp³-hybridized carbons (Fsp3) is 0.667. The minimum atomic E-state index is -0.174. The predicted molar refractivity (Wildman–Crippen MR) is 81.2 cm³/mol. The molecule has 1 atom stereocenters. The molecule has 1 amide bonds. The van der Waals surface area contributed by atoms with Crippen molar-refractivity contribution < 1.29 is 4.79 Å². The highest BCUT2D eigenvalue weighted by Gasteiger charge is 2.34. The summed E-state index contributed by atoms with van der Waals surface area (Å²) in [6.07, 6.45) is 4.02. The van der Waals surface area contributed by atoms with Gasteiger partial charge in [-0.1, -0.05) is 0 Å². The van der Waals surface area contributed by atoms with Crippen LogP contribution in [0.5, 0.6) is 0 Å². The fourth-order valence-electron chi connectivity index (χ4n) is 2.85. The molecule has 1 aromatic rings. The predicted octanol–water partition coefficient (Wildman–Crippen LogP) is 1.12. The summed E-state index contributed by atoms with van der Waals surface area (Å²) in [5.41, 5.74) is 0.364. The topological polar surface area (TPSA) is 70.2 Å². The maximum Gasteiger partial charge on any atom is 0.271 e. The van der Waals surface area contributed by atoms with E-state index in [1.165, 1.54) is 32.4 Å². The lowest BCUT2D eigenvalue weighted by molar-refractivity contribution is 0.0950. The highest BCUT2D eigenvalue weighted by atomic mass is 16.1. The van der Waals surface area contributed by atoms with Crippen molar-refractivity contribution in [1.29, 1.82) is 0 Å². The van der Waals surface area contributed by atoms with Crippen LogP contribution in [0.15, 0.2) is 12.1 Å². The van der Waals surface area contributed by atoms with Crippen LogP contribution >= 0.6 is 0 Å². The van der Waals surface area contributed by atoms with Crippen molar-refractivity contribution in [1.82, 2.24) is 20.4 Å². The van der Waals surface area contributed by atoms with E-state index in [0.717, 1.165) is 18.4 Å². The van der Waals surface area contributed by atoms with Crippen molar-refractivity contribution in [3.8, 4) is 0 Å². The molecule has 1 aliphatic heterocycles. The molecule has 2 N–H and O–H groups in total. The Balaban J connectivity index is 1.46. The molecule has 0 radical (unpaired) electrons. The second kappa shape index (κ2) is 6.39. The molecule has 3 rings (SSSR count). The van der Waals surface area contributed by atoms with Gasteiger partial charge in [0.25, 0.3) is 5.91 Å². The summed E-state index contributed by atoms with van der Waals surface area (Å²) in [6, 6.07) is 4.41. The second-order valence-corrected chi connectivity index (χ2v) is 5.92. The van der Waals surface area contributed by atoms with Crippen molar-refractivity contribution in [3.05, 3.63) is 17.8 Å². The summed E-state index contributed by atoms with van der Waals surface area (Å²) in [5.74, 6) is 1.26. The summed E-state index contributed by atoms with van der Waals surface area (Å²) in [4.78, 5) is 14.2. The molecule has 1 aliphatic carbocycles. The number of hydrogen-bond acceptors (Lipinski definition) is 5. The van der Waals surface area contributed by atoms with Crippen molar-refractivity contribution in [3.63, 3.8) is 0 Å². The zero-order chi connectivity index (χ0) is 14.7. The second-order valence-electron chi connectivity index (χ2n) is 5.92. The number of rotatable bonds is 6. The maximum absolute atomic E-state index is 11.6. The summed E-state index contributed by atoms with van der Waals surface area (Å²) in [6.45, 7) is 5.84. The highest BCUT2D eigenvalue weighted by molar-refractivity contribution is 5.92. The molecule has 1 saturated carbocycles. The quantitative estimate of drug-likeness (QED) is 0.821. The summed E-state index contributed by atoms with van der Waals surface area (Å²) in [5, 5.41) is 14.1. The van der Waals surface area contributed by atoms with Crippen molar-refractivity contribution >= 4 is 11.7 Å². The first-order valence-electron chi connectivity index (χ1n) is 7.86. The fourth-order valence-corrected chi connectivity index (χ4v) is 2.85. The Morgan fingerprint density at radius 3 is 2.86 bits per heavy atom. The Hall–Kier alpha value is -1.69. The van der Waals surface area contributed by atoms with Gasteiger partial charge in [-0.2, -0.15) is 0 Å². The highest BCUT2D eigenvalue weighted by Crippen LogP contribution is 2.31. The normalized spacial score (nSPS) is 22.2. The van der Waals surface area contributed by atoms with Crippen LogP contribution in [0.25, 0.3) is 0 Å². The Labute approximate surface area is 125 Å². The lowest BCUT2D eigenvalue weighted by Gasteiger charge is -2.15. The average Bonchev–Trinajstić information content (AvgIpc) is 3.25. The number of likely N-dealkylation sites (tertiary alicyclic amines) is 1. The van der Waals surface area contributed by atoms with Crippen LogP contribution in [-0.4, -0.2) is 53.2 Å². The van der Waals surface area contributed by atoms with E-state index in [9.17, 15) is 4.79 Å². The Bertz CT molecular complexity index is 485. The molecule has 0 aromatic carbocycles. The first kappa shape index (κ1) is 14.3. The van der Waals surface area contributed by atoms with Gasteiger partial charge in [-0.15, -0.1) is 10.2 Å². The number of anilines is 1. The van der Waals surface area contributed by atoms with Crippen molar-refractivity contribution in [2.75, 3.05) is 31.5 Å². The van der Waals surface area contributed by atoms with Crippen LogP contribution < -0.4 is 10.6 Å². The Morgan fingerprint density at radius 2 is 2.19 bits per heavy atom. The van der Waals surface area contributed by atoms with Crippen LogP contribution in [0.2, 0.25) is 0 Å². The van der Waals surface area contributed by atoms with E-state index in [1.807, 2.05) is 13.0 Å². The number of hydrogen-bond donors (Lipinski definition) is 2. The average molecular weight is 289 g/mol. The molecule has 1 aromatic heterocycles. The number of carbonyl (C=O) groups is 1. The van der Waals surface area contributed by atoms with Crippen LogP contribution in [0, 0.1) is 5.92 Å². The summed E-state index contributed by atoms with van der Waals surface area (Å²) >= 11 is 0. The van der Waals surface area contributed by atoms with E-state index < -0.39 is 0 Å². The third-order valence-corrected chi connectivity index (χ3v) is 4.19. The Morgan fingerprint density at radius 1 is 1.33 bits per heavy atom. The molecule has 0 spiro atoms. The zero-order valence-electron chi connectivity index (χ0n) is 12.5. The maximum atomic E-state index is 11.6. The summed E-state index contributed by atoms with van der Waals surface area (Å²) < 4.78 is 0. The molecular formula is C15H23N5O. The van der Waals surface area contributed by atoms with Crippen molar-refractivity contribution in [2.45, 2.75) is 32.2 Å². The standard InChI is InChI=1S/C15H23N5O/c1-2-16-15(21)13-5-6-14(19-18-13)17-9-11-7-8-20(10-11)12-3-4-12/h5-6,11-12H,2-4,7-10H2,1H3,(H,16,21)(H,17,19). The molecule has 2 heterocycles. The third kappa shape index (κ3) is 3.69. The van der Waals surface area contributed by atoms with Crippen LogP contribution in [0.3, 0.4) is 0 Å². The lowest BCUT2D eigenvalue weighted by Crippen LogP contribution is -2.25. The monoisotopic (exact) mass is 289 g/mol. The minimum Gasteiger partial charge on any atom is -0.368 e. The SMILES string of the molecule is CCNC(=O)c1ccc(NCC2CCN(C3CC3)C2)nn1. The van der Waals surface area contributed by atoms with Gasteiger partial charge in [-0.3, -0.25) is 4.79 Å². The first-order chi connectivity index (χ1) is 10.3. The van der Waals surface area contributed by atoms with Gasteiger partial charge in [0, 0.05) is 25.7 Å². The van der Waals surface area contributed by atoms with E-state index in [1.54, 1.807) is 6.07 Å². The van der Waals surface area contributed by atoms with E-state index in [-0.39, 0.29) is 5.91 Å². The van der Waals surface area contributed by atoms with Crippen molar-refractivity contribution in [2.24, 2.45) is 5.92 Å². The molecule has 21 heavy (non-hydrogen) atoms. The van der Waals surface area contributed by atoms with Crippen LogP contribution in [0.1, 0.15) is 36.7 Å². The Kier molecular flexibility index (Phi) is 4.34. The van der Waals surface area contributed by atoms with Gasteiger partial charge in [0.2, 0.25) is 0 Å². The third-order valence-electron chi connectivity index (χ3n) is 4.19. The number of carbonyl (C=O) groups excluding carboxylic acids is 1. The van der Waals surface area contributed by atoms with Gasteiger partial charge in [0.1, 0.15) is 5.82 Å². The zero-order valence-corrected chi connectivity index (χ0v) is 12.5. The van der Waals surface area contributed by atoms with E-state index in [0.29, 0.717) is 18.2 Å². The van der Waals surface area contributed by atoms with E-state index >= 15 is 0 Å². The van der Waals surface area contributed by atoms with Gasteiger partial charge >= 0.3 is 0 Å². The molecule has 1 unspecified atom stereocenters. The number of nitrogens with zero attached hydrogens (tertiary/aromatic N) is 3. The largest absolute Gasteiger partial charge is 0.368 e. The first-order valence-corrected chi connectivity index (χ1v) is 7.86. The van der Waals surface area contributed by atoms with Gasteiger partial charge in [-0.05, 0) is 50.8 Å². The molecule has 6 heteroatoms. The number of aromatic nitrogens is 2. The lowest BCUT2D eigenvalue weighted by atomic mass is 10.1. The van der Waals surface area contributed by atoms with E-state index in [4.69, 9.17) is 0 Å². The van der Waals surface area contributed by atoms with Gasteiger partial charge < -0.3 is 15.5 Å². The smallest absolute Gasteiger partial charge is 0.271 e. The molecule has 114 valence electrons. The molecule has 2 aliphatic rings. The molecule has 6 nitrogen and oxygen atoms in total. The summed E-state index contributed by atoms with van der Waals surface area (Å²) in [7, 11) is 0.